The van der Waals surface area contributed by atoms with Crippen molar-refractivity contribution < 1.29 is 32.0 Å². The van der Waals surface area contributed by atoms with Crippen LogP contribution in [0.15, 0.2) is 0 Å². The summed E-state index contributed by atoms with van der Waals surface area (Å²) in [6.45, 7) is 0.710. The maximum absolute atomic E-state index is 11.5. The van der Waals surface area contributed by atoms with Gasteiger partial charge >= 0.3 is 12.3 Å². The molecular formula is C7H11F3O4S. The first-order valence-corrected chi connectivity index (χ1v) is 5.46. The van der Waals surface area contributed by atoms with Crippen molar-refractivity contribution in [3.05, 3.63) is 0 Å². The molecule has 2 atom stereocenters. The van der Waals surface area contributed by atoms with E-state index in [0.29, 0.717) is 0 Å². The molecule has 8 heteroatoms. The second-order valence-corrected chi connectivity index (χ2v) is 4.35. The second-order valence-electron chi connectivity index (χ2n) is 2.61. The second kappa shape index (κ2) is 6.06. The number of carboxylic acids is 1. The van der Waals surface area contributed by atoms with Gasteiger partial charge in [-0.3, -0.25) is 13.7 Å². The van der Waals surface area contributed by atoms with Gasteiger partial charge in [-0.05, 0) is 6.42 Å². The van der Waals surface area contributed by atoms with Crippen LogP contribution in [0.1, 0.15) is 13.3 Å². The van der Waals surface area contributed by atoms with Crippen molar-refractivity contribution in [1.29, 1.82) is 0 Å². The average molecular weight is 248 g/mol. The third-order valence-electron chi connectivity index (χ3n) is 1.51. The minimum atomic E-state index is -4.77. The molecule has 0 aliphatic rings. The minimum Gasteiger partial charge on any atom is -0.480 e. The monoisotopic (exact) mass is 248 g/mol. The molecule has 0 fully saturated rings. The average Bonchev–Trinajstić information content (AvgIpc) is 2.01. The molecule has 0 aromatic heterocycles. The Morgan fingerprint density at radius 3 is 2.40 bits per heavy atom. The van der Waals surface area contributed by atoms with Crippen LogP contribution in [0.4, 0.5) is 13.2 Å². The summed E-state index contributed by atoms with van der Waals surface area (Å²) in [6, 6.07) is 0. The molecule has 90 valence electrons. The summed E-state index contributed by atoms with van der Waals surface area (Å²) in [5.41, 5.74) is 0. The summed E-state index contributed by atoms with van der Waals surface area (Å²) in [5.74, 6) is -1.72. The van der Waals surface area contributed by atoms with E-state index in [1.165, 1.54) is 6.92 Å². The van der Waals surface area contributed by atoms with E-state index in [9.17, 15) is 22.2 Å². The largest absolute Gasteiger partial charge is 0.522 e. The number of ether oxygens (including phenoxy) is 1. The van der Waals surface area contributed by atoms with E-state index < -0.39 is 40.7 Å². The minimum absolute atomic E-state index is 0.105. The Bertz CT molecular complexity index is 241. The topological polar surface area (TPSA) is 63.6 Å². The van der Waals surface area contributed by atoms with Crippen molar-refractivity contribution in [2.45, 2.75) is 25.0 Å². The zero-order valence-electron chi connectivity index (χ0n) is 7.91. The number of aliphatic carboxylic acids is 1. The van der Waals surface area contributed by atoms with Crippen LogP contribution in [-0.2, 0) is 20.3 Å². The molecule has 0 aliphatic carbocycles. The fourth-order valence-corrected chi connectivity index (χ4v) is 1.98. The smallest absolute Gasteiger partial charge is 0.480 e. The molecular weight excluding hydrogens is 237 g/mol. The Morgan fingerprint density at radius 2 is 2.07 bits per heavy atom. The highest BCUT2D eigenvalue weighted by Gasteiger charge is 2.30. The molecule has 4 nitrogen and oxygen atoms in total. The van der Waals surface area contributed by atoms with Crippen molar-refractivity contribution in [2.24, 2.45) is 0 Å². The summed E-state index contributed by atoms with van der Waals surface area (Å²) in [4.78, 5) is 10.5. The highest BCUT2D eigenvalue weighted by molar-refractivity contribution is 7.86. The van der Waals surface area contributed by atoms with E-state index in [0.717, 1.165) is 0 Å². The molecule has 0 radical (unpaired) electrons. The van der Waals surface area contributed by atoms with E-state index in [2.05, 4.69) is 4.74 Å². The number of carbonyl (C=O) groups is 1. The van der Waals surface area contributed by atoms with Crippen molar-refractivity contribution in [1.82, 2.24) is 0 Å². The van der Waals surface area contributed by atoms with Gasteiger partial charge < -0.3 is 5.11 Å². The molecule has 1 N–H and O–H groups in total. The van der Waals surface area contributed by atoms with Gasteiger partial charge in [-0.1, -0.05) is 6.92 Å². The predicted octanol–water partition coefficient (Wildman–Crippen LogP) is 1.13. The van der Waals surface area contributed by atoms with Crippen LogP contribution in [0.25, 0.3) is 0 Å². The lowest BCUT2D eigenvalue weighted by Gasteiger charge is -2.10. The van der Waals surface area contributed by atoms with Gasteiger partial charge in [0.05, 0.1) is 6.61 Å². The third-order valence-corrected chi connectivity index (χ3v) is 3.25. The first-order valence-electron chi connectivity index (χ1n) is 4.08. The fourth-order valence-electron chi connectivity index (χ4n) is 0.855. The van der Waals surface area contributed by atoms with E-state index in [4.69, 9.17) is 5.11 Å². The lowest BCUT2D eigenvalue weighted by Crippen LogP contribution is -2.29. The summed E-state index contributed by atoms with van der Waals surface area (Å²) >= 11 is 0. The lowest BCUT2D eigenvalue weighted by atomic mass is 10.3. The third kappa shape index (κ3) is 6.45. The number of hydrogen-bond acceptors (Lipinski definition) is 3. The Hall–Kier alpha value is -0.630. The summed E-state index contributed by atoms with van der Waals surface area (Å²) < 4.78 is 49.1. The van der Waals surface area contributed by atoms with Gasteiger partial charge in [0, 0.05) is 16.6 Å². The van der Waals surface area contributed by atoms with E-state index in [-0.39, 0.29) is 6.42 Å². The maximum Gasteiger partial charge on any atom is 0.522 e. The van der Waals surface area contributed by atoms with Crippen LogP contribution in [0.2, 0.25) is 0 Å². The Labute approximate surface area is 86.9 Å². The molecule has 0 aromatic rings. The highest BCUT2D eigenvalue weighted by atomic mass is 32.2. The predicted molar refractivity (Wildman–Crippen MR) is 46.7 cm³/mol. The number of rotatable bonds is 6. The zero-order chi connectivity index (χ0) is 12.1. The van der Waals surface area contributed by atoms with E-state index in [1.807, 2.05) is 0 Å². The normalized spacial score (nSPS) is 16.0. The molecule has 0 bridgehead atoms. The Balaban J connectivity index is 3.98. The summed E-state index contributed by atoms with van der Waals surface area (Å²) in [5, 5.41) is 7.41. The van der Waals surface area contributed by atoms with Gasteiger partial charge in [0.25, 0.3) is 0 Å². The van der Waals surface area contributed by atoms with Crippen LogP contribution in [0, 0.1) is 0 Å². The van der Waals surface area contributed by atoms with Crippen LogP contribution >= 0.6 is 0 Å². The first kappa shape index (κ1) is 14.4. The van der Waals surface area contributed by atoms with Crippen LogP contribution in [-0.4, -0.2) is 39.3 Å². The van der Waals surface area contributed by atoms with Gasteiger partial charge in [-0.15, -0.1) is 13.2 Å². The van der Waals surface area contributed by atoms with Gasteiger partial charge in [0.1, 0.15) is 5.25 Å². The van der Waals surface area contributed by atoms with Gasteiger partial charge in [0.2, 0.25) is 0 Å². The Kier molecular flexibility index (Phi) is 5.81. The molecule has 0 saturated heterocycles. The number of carboxylic acid groups (broad SMARTS) is 1. The summed E-state index contributed by atoms with van der Waals surface area (Å²) in [7, 11) is -1.85. The van der Waals surface area contributed by atoms with Crippen molar-refractivity contribution in [2.75, 3.05) is 12.4 Å². The standard InChI is InChI=1S/C7H11F3O4S/c1-2-5(6(11)12)15(13)4-3-14-7(8,9)10/h5H,2-4H2,1H3,(H,11,12). The molecule has 0 aromatic carbocycles. The molecule has 2 unspecified atom stereocenters. The summed E-state index contributed by atoms with van der Waals surface area (Å²) in [6.07, 6.45) is -4.66. The fraction of sp³-hybridized carbons (Fsp3) is 0.857. The SMILES string of the molecule is CCC(C(=O)O)S(=O)CCOC(F)(F)F. The van der Waals surface area contributed by atoms with Crippen LogP contribution < -0.4 is 0 Å². The lowest BCUT2D eigenvalue weighted by molar-refractivity contribution is -0.322. The Morgan fingerprint density at radius 1 is 1.53 bits per heavy atom. The molecule has 0 aliphatic heterocycles. The van der Waals surface area contributed by atoms with Crippen LogP contribution in [0.3, 0.4) is 0 Å². The maximum atomic E-state index is 11.5. The van der Waals surface area contributed by atoms with Crippen molar-refractivity contribution in [3.8, 4) is 0 Å². The van der Waals surface area contributed by atoms with Crippen molar-refractivity contribution in [3.63, 3.8) is 0 Å². The molecule has 0 amide bonds. The molecule has 0 heterocycles. The van der Waals surface area contributed by atoms with E-state index >= 15 is 0 Å². The quantitative estimate of drug-likeness (QED) is 0.765. The first-order chi connectivity index (χ1) is 6.78. The van der Waals surface area contributed by atoms with Gasteiger partial charge in [-0.2, -0.15) is 0 Å². The van der Waals surface area contributed by atoms with Gasteiger partial charge in [0.15, 0.2) is 0 Å². The van der Waals surface area contributed by atoms with Crippen LogP contribution in [0.5, 0.6) is 0 Å². The molecule has 15 heavy (non-hydrogen) atoms. The number of hydrogen-bond donors (Lipinski definition) is 1. The molecule has 0 spiro atoms. The number of halogens is 3. The van der Waals surface area contributed by atoms with Gasteiger partial charge in [-0.25, -0.2) is 0 Å². The zero-order valence-corrected chi connectivity index (χ0v) is 8.73. The molecule has 0 saturated carbocycles. The van der Waals surface area contributed by atoms with Crippen molar-refractivity contribution >= 4 is 16.8 Å². The number of alkyl halides is 3. The van der Waals surface area contributed by atoms with E-state index in [1.54, 1.807) is 0 Å². The highest BCUT2D eigenvalue weighted by Crippen LogP contribution is 2.16. The molecule has 0 rings (SSSR count).